The molecule has 2 rings (SSSR count). The first kappa shape index (κ1) is 17.4. The van der Waals surface area contributed by atoms with E-state index in [9.17, 15) is 13.2 Å². The summed E-state index contributed by atoms with van der Waals surface area (Å²) in [4.78, 5) is 17.0. The summed E-state index contributed by atoms with van der Waals surface area (Å²) < 4.78 is 27.4. The highest BCUT2D eigenvalue weighted by molar-refractivity contribution is 7.89. The Morgan fingerprint density at radius 1 is 1.22 bits per heavy atom. The highest BCUT2D eigenvalue weighted by Gasteiger charge is 2.20. The van der Waals surface area contributed by atoms with Gasteiger partial charge in [-0.05, 0) is 25.5 Å². The number of pyridine rings is 1. The molecule has 0 radical (unpaired) electrons. The molecule has 1 heterocycles. The number of anilines is 1. The lowest BCUT2D eigenvalue weighted by atomic mass is 10.1. The van der Waals surface area contributed by atoms with Crippen LogP contribution >= 0.6 is 0 Å². The van der Waals surface area contributed by atoms with Gasteiger partial charge in [0.2, 0.25) is 0 Å². The number of carbonyl (C=O) groups is 1. The molecule has 0 bridgehead atoms. The van der Waals surface area contributed by atoms with Crippen LogP contribution in [0.3, 0.4) is 0 Å². The smallest absolute Gasteiger partial charge is 0.258 e. The van der Waals surface area contributed by atoms with Gasteiger partial charge in [-0.1, -0.05) is 12.1 Å². The SMILES string of the molecule is CC(=O)CCNS(=O)(=O)c1nccc2c(N(C)C)c(C)ccc12. The number of fused-ring (bicyclic) bond motifs is 1. The summed E-state index contributed by atoms with van der Waals surface area (Å²) >= 11 is 0. The standard InChI is InChI=1S/C16H21N3O3S/c1-11-5-6-14-13(15(11)19(3)4)8-9-17-16(14)23(21,22)18-10-7-12(2)20/h5-6,8-9,18H,7,10H2,1-4H3. The number of carbonyl (C=O) groups excluding carboxylic acids is 1. The highest BCUT2D eigenvalue weighted by atomic mass is 32.2. The molecule has 0 saturated carbocycles. The number of Topliss-reactive ketones (excluding diaryl/α,β-unsaturated/α-hetero) is 1. The molecule has 6 nitrogen and oxygen atoms in total. The van der Waals surface area contributed by atoms with Gasteiger partial charge in [-0.3, -0.25) is 4.79 Å². The maximum absolute atomic E-state index is 12.5. The zero-order valence-corrected chi connectivity index (χ0v) is 14.6. The molecule has 0 aliphatic carbocycles. The lowest BCUT2D eigenvalue weighted by molar-refractivity contribution is -0.116. The maximum Gasteiger partial charge on any atom is 0.258 e. The number of hydrogen-bond acceptors (Lipinski definition) is 5. The van der Waals surface area contributed by atoms with E-state index in [0.717, 1.165) is 16.6 Å². The topological polar surface area (TPSA) is 79.4 Å². The molecule has 0 unspecified atom stereocenters. The third kappa shape index (κ3) is 3.68. The van der Waals surface area contributed by atoms with E-state index < -0.39 is 10.0 Å². The Kier molecular flexibility index (Phi) is 5.01. The van der Waals surface area contributed by atoms with Crippen molar-refractivity contribution in [3.8, 4) is 0 Å². The van der Waals surface area contributed by atoms with Crippen molar-refractivity contribution in [2.75, 3.05) is 25.5 Å². The number of nitrogens with one attached hydrogen (secondary N) is 1. The van der Waals surface area contributed by atoms with Crippen molar-refractivity contribution in [1.82, 2.24) is 9.71 Å². The summed E-state index contributed by atoms with van der Waals surface area (Å²) in [6, 6.07) is 5.46. The van der Waals surface area contributed by atoms with E-state index in [1.165, 1.54) is 13.1 Å². The van der Waals surface area contributed by atoms with Gasteiger partial charge in [0, 0.05) is 49.7 Å². The molecule has 124 valence electrons. The largest absolute Gasteiger partial charge is 0.377 e. The second kappa shape index (κ2) is 6.64. The van der Waals surface area contributed by atoms with Crippen molar-refractivity contribution in [2.24, 2.45) is 0 Å². The van der Waals surface area contributed by atoms with E-state index in [4.69, 9.17) is 0 Å². The average molecular weight is 335 g/mol. The fourth-order valence-electron chi connectivity index (χ4n) is 2.56. The molecule has 2 aromatic rings. The van der Waals surface area contributed by atoms with Crippen LogP contribution in [-0.4, -0.2) is 39.8 Å². The summed E-state index contributed by atoms with van der Waals surface area (Å²) in [5.41, 5.74) is 2.02. The first-order valence-electron chi connectivity index (χ1n) is 7.29. The van der Waals surface area contributed by atoms with E-state index in [0.29, 0.717) is 5.39 Å². The van der Waals surface area contributed by atoms with Crippen LogP contribution in [0.2, 0.25) is 0 Å². The molecule has 1 aromatic heterocycles. The lowest BCUT2D eigenvalue weighted by Gasteiger charge is -2.19. The summed E-state index contributed by atoms with van der Waals surface area (Å²) in [5.74, 6) is -0.0657. The quantitative estimate of drug-likeness (QED) is 0.872. The molecule has 0 saturated heterocycles. The number of rotatable bonds is 6. The Morgan fingerprint density at radius 2 is 1.91 bits per heavy atom. The monoisotopic (exact) mass is 335 g/mol. The van der Waals surface area contributed by atoms with Gasteiger partial charge in [0.1, 0.15) is 5.78 Å². The first-order chi connectivity index (χ1) is 10.7. The lowest BCUT2D eigenvalue weighted by Crippen LogP contribution is -2.27. The minimum absolute atomic E-state index is 0.0124. The molecule has 7 heteroatoms. The number of benzene rings is 1. The van der Waals surface area contributed by atoms with Crippen LogP contribution in [-0.2, 0) is 14.8 Å². The Morgan fingerprint density at radius 3 is 2.52 bits per heavy atom. The molecule has 23 heavy (non-hydrogen) atoms. The molecule has 1 N–H and O–H groups in total. The second-order valence-electron chi connectivity index (χ2n) is 5.69. The average Bonchev–Trinajstić information content (AvgIpc) is 2.45. The van der Waals surface area contributed by atoms with Gasteiger partial charge in [-0.2, -0.15) is 0 Å². The van der Waals surface area contributed by atoms with Gasteiger partial charge in [-0.15, -0.1) is 0 Å². The van der Waals surface area contributed by atoms with E-state index in [-0.39, 0.29) is 23.8 Å². The Bertz CT molecular complexity index is 845. The van der Waals surface area contributed by atoms with Crippen LogP contribution in [0.25, 0.3) is 10.8 Å². The van der Waals surface area contributed by atoms with E-state index in [2.05, 4.69) is 9.71 Å². The summed E-state index contributed by atoms with van der Waals surface area (Å²) in [6.45, 7) is 3.48. The molecule has 0 amide bonds. The Labute approximate surface area is 136 Å². The molecule has 0 spiro atoms. The van der Waals surface area contributed by atoms with Crippen molar-refractivity contribution in [2.45, 2.75) is 25.3 Å². The maximum atomic E-state index is 12.5. The zero-order chi connectivity index (χ0) is 17.2. The summed E-state index contributed by atoms with van der Waals surface area (Å²) in [5, 5.41) is 1.38. The van der Waals surface area contributed by atoms with Crippen LogP contribution in [0.1, 0.15) is 18.9 Å². The van der Waals surface area contributed by atoms with E-state index in [1.807, 2.05) is 38.1 Å². The van der Waals surface area contributed by atoms with Crippen molar-refractivity contribution in [1.29, 1.82) is 0 Å². The molecular weight excluding hydrogens is 314 g/mol. The molecule has 0 atom stereocenters. The van der Waals surface area contributed by atoms with Gasteiger partial charge in [0.05, 0.1) is 0 Å². The van der Waals surface area contributed by atoms with Crippen LogP contribution in [0.5, 0.6) is 0 Å². The Balaban J connectivity index is 2.54. The van der Waals surface area contributed by atoms with E-state index >= 15 is 0 Å². The van der Waals surface area contributed by atoms with Gasteiger partial charge < -0.3 is 4.90 Å². The summed E-state index contributed by atoms with van der Waals surface area (Å²) in [6.07, 6.45) is 1.65. The van der Waals surface area contributed by atoms with Crippen molar-refractivity contribution in [3.05, 3.63) is 30.0 Å². The normalized spacial score (nSPS) is 11.7. The Hall–Kier alpha value is -1.99. The van der Waals surface area contributed by atoms with Crippen LogP contribution in [0.4, 0.5) is 5.69 Å². The third-order valence-electron chi connectivity index (χ3n) is 3.55. The molecule has 1 aromatic carbocycles. The van der Waals surface area contributed by atoms with Crippen LogP contribution in [0, 0.1) is 6.92 Å². The van der Waals surface area contributed by atoms with Gasteiger partial charge in [0.25, 0.3) is 10.0 Å². The van der Waals surface area contributed by atoms with Gasteiger partial charge in [-0.25, -0.2) is 18.1 Å². The van der Waals surface area contributed by atoms with Crippen molar-refractivity contribution >= 4 is 32.3 Å². The van der Waals surface area contributed by atoms with Gasteiger partial charge in [0.15, 0.2) is 5.03 Å². The number of ketones is 1. The molecular formula is C16H21N3O3S. The highest BCUT2D eigenvalue weighted by Crippen LogP contribution is 2.31. The summed E-state index contributed by atoms with van der Waals surface area (Å²) in [7, 11) is 0.0666. The number of nitrogens with zero attached hydrogens (tertiary/aromatic N) is 2. The second-order valence-corrected chi connectivity index (χ2v) is 7.37. The fraction of sp³-hybridized carbons (Fsp3) is 0.375. The van der Waals surface area contributed by atoms with Crippen LogP contribution < -0.4 is 9.62 Å². The van der Waals surface area contributed by atoms with E-state index in [1.54, 1.807) is 6.07 Å². The minimum Gasteiger partial charge on any atom is -0.377 e. The molecule has 0 fully saturated rings. The molecule has 0 aliphatic rings. The first-order valence-corrected chi connectivity index (χ1v) is 8.77. The number of sulfonamides is 1. The van der Waals surface area contributed by atoms with Crippen LogP contribution in [0.15, 0.2) is 29.4 Å². The number of aromatic nitrogens is 1. The number of aryl methyl sites for hydroxylation is 1. The third-order valence-corrected chi connectivity index (χ3v) is 4.97. The zero-order valence-electron chi connectivity index (χ0n) is 13.8. The molecule has 0 aliphatic heterocycles. The van der Waals surface area contributed by atoms with Gasteiger partial charge >= 0.3 is 0 Å². The fourth-order valence-corrected chi connectivity index (χ4v) is 3.73. The van der Waals surface area contributed by atoms with Crippen molar-refractivity contribution < 1.29 is 13.2 Å². The minimum atomic E-state index is -3.77. The predicted octanol–water partition coefficient (Wildman–Crippen LogP) is 1.87. The number of hydrogen-bond donors (Lipinski definition) is 1. The van der Waals surface area contributed by atoms with Crippen molar-refractivity contribution in [3.63, 3.8) is 0 Å². The predicted molar refractivity (Wildman–Crippen MR) is 91.3 cm³/mol.